The minimum absolute atomic E-state index is 0.0840. The molecule has 1 fully saturated rings. The van der Waals surface area contributed by atoms with Crippen molar-refractivity contribution >= 4 is 26.5 Å². The van der Waals surface area contributed by atoms with Gasteiger partial charge in [0.15, 0.2) is 5.13 Å². The lowest BCUT2D eigenvalue weighted by Crippen LogP contribution is -2.44. The van der Waals surface area contributed by atoms with E-state index in [-0.39, 0.29) is 17.2 Å². The number of thiazole rings is 1. The summed E-state index contributed by atoms with van der Waals surface area (Å²) in [4.78, 5) is 4.45. The summed E-state index contributed by atoms with van der Waals surface area (Å²) < 4.78 is 88.2. The molecule has 2 atom stereocenters. The number of anilines is 1. The van der Waals surface area contributed by atoms with Crippen LogP contribution in [0.2, 0.25) is 0 Å². The van der Waals surface area contributed by atoms with E-state index in [2.05, 4.69) is 4.98 Å². The summed E-state index contributed by atoms with van der Waals surface area (Å²) in [5.41, 5.74) is -1.34. The van der Waals surface area contributed by atoms with Gasteiger partial charge in [0.25, 0.3) is 10.0 Å². The van der Waals surface area contributed by atoms with Gasteiger partial charge >= 0.3 is 6.18 Å². The van der Waals surface area contributed by atoms with E-state index in [9.17, 15) is 26.0 Å². The Kier molecular flexibility index (Phi) is 6.58. The Morgan fingerprint density at radius 2 is 1.93 bits per heavy atom. The van der Waals surface area contributed by atoms with Gasteiger partial charge in [0.05, 0.1) is 5.56 Å². The second-order valence-corrected chi connectivity index (χ2v) is 9.74. The number of nitrogens with zero attached hydrogens (tertiary/aromatic N) is 2. The molecule has 1 heterocycles. The monoisotopic (exact) mass is 467 g/mol. The number of alkyl halides is 3. The first-order valence-corrected chi connectivity index (χ1v) is 11.5. The summed E-state index contributed by atoms with van der Waals surface area (Å²) in [5, 5.41) is 1.39. The van der Waals surface area contributed by atoms with Crippen molar-refractivity contribution in [2.45, 2.75) is 48.9 Å². The Morgan fingerprint density at radius 3 is 2.53 bits per heavy atom. The number of nitrogens with one attached hydrogen (secondary N) is 1. The lowest BCUT2D eigenvalue weighted by Gasteiger charge is -2.36. The van der Waals surface area contributed by atoms with E-state index >= 15 is 0 Å². The van der Waals surface area contributed by atoms with Crippen LogP contribution >= 0.6 is 11.3 Å². The normalized spacial score (nSPS) is 20.4. The maximum Gasteiger partial charge on any atom is 0.420 e. The third-order valence-corrected chi connectivity index (χ3v) is 7.06. The molecule has 6 nitrogen and oxygen atoms in total. The van der Waals surface area contributed by atoms with Gasteiger partial charge in [0, 0.05) is 23.7 Å². The third kappa shape index (κ3) is 5.03. The average molecular weight is 468 g/mol. The fourth-order valence-electron chi connectivity index (χ4n) is 3.47. The van der Waals surface area contributed by atoms with E-state index in [0.29, 0.717) is 12.5 Å². The van der Waals surface area contributed by atoms with Gasteiger partial charge in [-0.05, 0) is 39.4 Å². The predicted octanol–water partition coefficient (Wildman–Crippen LogP) is 4.35. The quantitative estimate of drug-likeness (QED) is 0.640. The molecule has 0 unspecified atom stereocenters. The number of benzene rings is 1. The Bertz CT molecular complexity index is 979. The summed E-state index contributed by atoms with van der Waals surface area (Å²) in [6.07, 6.45) is -1.23. The molecule has 0 radical (unpaired) electrons. The van der Waals surface area contributed by atoms with Gasteiger partial charge in [-0.15, -0.1) is 11.3 Å². The van der Waals surface area contributed by atoms with E-state index in [1.807, 2.05) is 9.62 Å². The molecule has 1 aromatic carbocycles. The van der Waals surface area contributed by atoms with Gasteiger partial charge in [-0.25, -0.2) is 17.8 Å². The highest BCUT2D eigenvalue weighted by Crippen LogP contribution is 2.40. The molecule has 166 valence electrons. The summed E-state index contributed by atoms with van der Waals surface area (Å²) in [7, 11) is -1.01. The van der Waals surface area contributed by atoms with Crippen LogP contribution in [0.25, 0.3) is 0 Å². The van der Waals surface area contributed by atoms with Gasteiger partial charge in [-0.2, -0.15) is 13.2 Å². The molecule has 1 aliphatic carbocycles. The summed E-state index contributed by atoms with van der Waals surface area (Å²) in [5.74, 6) is -2.05. The van der Waals surface area contributed by atoms with Crippen LogP contribution in [0.3, 0.4) is 0 Å². The highest BCUT2D eigenvalue weighted by molar-refractivity contribution is 7.93. The topological polar surface area (TPSA) is 71.5 Å². The average Bonchev–Trinajstić information content (AvgIpc) is 3.13. The van der Waals surface area contributed by atoms with Gasteiger partial charge < -0.3 is 9.64 Å². The molecule has 0 amide bonds. The minimum atomic E-state index is -4.93. The van der Waals surface area contributed by atoms with Gasteiger partial charge in [-0.1, -0.05) is 6.42 Å². The van der Waals surface area contributed by atoms with Crippen molar-refractivity contribution in [2.24, 2.45) is 0 Å². The smallest absolute Gasteiger partial charge is 0.420 e. The minimum Gasteiger partial charge on any atom is -0.488 e. The van der Waals surface area contributed by atoms with Crippen molar-refractivity contribution in [2.75, 3.05) is 18.8 Å². The third-order valence-electron chi connectivity index (χ3n) is 4.89. The molecule has 1 aliphatic rings. The van der Waals surface area contributed by atoms with Gasteiger partial charge in [-0.3, -0.25) is 4.72 Å². The van der Waals surface area contributed by atoms with Crippen LogP contribution < -0.4 is 9.46 Å². The number of likely N-dealkylation sites (N-methyl/N-ethyl adjacent to an activating group) is 1. The molecule has 0 aliphatic heterocycles. The zero-order valence-electron chi connectivity index (χ0n) is 16.2. The van der Waals surface area contributed by atoms with Crippen LogP contribution in [-0.4, -0.2) is 44.5 Å². The van der Waals surface area contributed by atoms with E-state index < -0.39 is 44.3 Å². The van der Waals surface area contributed by atoms with Crippen LogP contribution in [0.15, 0.2) is 28.6 Å². The predicted molar refractivity (Wildman–Crippen MR) is 105 cm³/mol. The first kappa shape index (κ1) is 22.8. The SMILES string of the molecule is CN(C)[C@H]1CCCC[C@@H]1Oc1cc(F)c(S(=O)(=O)Nc2nccs2)cc1C(F)(F)F. The summed E-state index contributed by atoms with van der Waals surface area (Å²) in [6, 6.07) is 0.646. The van der Waals surface area contributed by atoms with Crippen molar-refractivity contribution in [3.05, 3.63) is 35.1 Å². The first-order valence-electron chi connectivity index (χ1n) is 9.15. The Balaban J connectivity index is 2.00. The van der Waals surface area contributed by atoms with Crippen molar-refractivity contribution in [1.29, 1.82) is 0 Å². The Hall–Kier alpha value is -1.92. The number of sulfonamides is 1. The molecule has 1 N–H and O–H groups in total. The molecule has 30 heavy (non-hydrogen) atoms. The van der Waals surface area contributed by atoms with Crippen molar-refractivity contribution < 1.29 is 30.7 Å². The Morgan fingerprint density at radius 1 is 1.23 bits per heavy atom. The fourth-order valence-corrected chi connectivity index (χ4v) is 5.35. The van der Waals surface area contributed by atoms with E-state index in [1.54, 1.807) is 14.1 Å². The lowest BCUT2D eigenvalue weighted by atomic mass is 9.91. The van der Waals surface area contributed by atoms with Crippen LogP contribution in [0.5, 0.6) is 5.75 Å². The highest BCUT2D eigenvalue weighted by atomic mass is 32.2. The second kappa shape index (κ2) is 8.67. The molecule has 3 rings (SSSR count). The van der Waals surface area contributed by atoms with Crippen LogP contribution in [0.4, 0.5) is 22.7 Å². The van der Waals surface area contributed by atoms with E-state index in [0.717, 1.165) is 30.6 Å². The highest BCUT2D eigenvalue weighted by Gasteiger charge is 2.39. The molecule has 12 heteroatoms. The molecular weight excluding hydrogens is 446 g/mol. The Labute approximate surface area is 175 Å². The van der Waals surface area contributed by atoms with Crippen LogP contribution in [0, 0.1) is 5.82 Å². The molecule has 1 saturated carbocycles. The fraction of sp³-hybridized carbons (Fsp3) is 0.500. The van der Waals surface area contributed by atoms with Crippen molar-refractivity contribution in [1.82, 2.24) is 9.88 Å². The maximum atomic E-state index is 14.7. The summed E-state index contributed by atoms with van der Waals surface area (Å²) in [6.45, 7) is 0. The number of aromatic nitrogens is 1. The standard InChI is InChI=1S/C18H21F4N3O3S2/c1-25(2)13-5-3-4-6-14(13)28-15-10-12(19)16(9-11(15)18(20,21)22)30(26,27)24-17-23-7-8-29-17/h7-10,13-14H,3-6H2,1-2H3,(H,23,24)/t13-,14-/m0/s1. The van der Waals surface area contributed by atoms with Crippen molar-refractivity contribution in [3.8, 4) is 5.75 Å². The van der Waals surface area contributed by atoms with Gasteiger partial charge in [0.2, 0.25) is 0 Å². The zero-order valence-corrected chi connectivity index (χ0v) is 17.9. The number of hydrogen-bond acceptors (Lipinski definition) is 6. The lowest BCUT2D eigenvalue weighted by molar-refractivity contribution is -0.139. The van der Waals surface area contributed by atoms with E-state index in [1.165, 1.54) is 11.6 Å². The van der Waals surface area contributed by atoms with E-state index in [4.69, 9.17) is 4.74 Å². The maximum absolute atomic E-state index is 14.7. The largest absolute Gasteiger partial charge is 0.488 e. The molecule has 1 aromatic heterocycles. The molecule has 0 saturated heterocycles. The zero-order chi connectivity index (χ0) is 22.1. The second-order valence-electron chi connectivity index (χ2n) is 7.19. The molecular formula is C18H21F4N3O3S2. The number of rotatable bonds is 6. The molecule has 0 bridgehead atoms. The first-order chi connectivity index (χ1) is 14.0. The number of ether oxygens (including phenoxy) is 1. The number of hydrogen-bond donors (Lipinski definition) is 1. The molecule has 0 spiro atoms. The van der Waals surface area contributed by atoms with Gasteiger partial charge in [0.1, 0.15) is 22.6 Å². The number of halogens is 4. The van der Waals surface area contributed by atoms with Crippen LogP contribution in [-0.2, 0) is 16.2 Å². The summed E-state index contributed by atoms with van der Waals surface area (Å²) >= 11 is 0.914. The van der Waals surface area contributed by atoms with Crippen molar-refractivity contribution in [3.63, 3.8) is 0 Å². The van der Waals surface area contributed by atoms with Crippen LogP contribution in [0.1, 0.15) is 31.2 Å². The molecule has 2 aromatic rings.